The van der Waals surface area contributed by atoms with Crippen molar-refractivity contribution in [1.29, 1.82) is 0 Å². The molecule has 3 aromatic rings. The molecule has 1 atom stereocenters. The molecule has 2 amide bonds. The Balaban J connectivity index is 1.55. The first-order chi connectivity index (χ1) is 14.0. The van der Waals surface area contributed by atoms with E-state index >= 15 is 0 Å². The van der Waals surface area contributed by atoms with E-state index in [0.29, 0.717) is 17.2 Å². The van der Waals surface area contributed by atoms with Crippen LogP contribution in [0.5, 0.6) is 11.5 Å². The van der Waals surface area contributed by atoms with Gasteiger partial charge in [0.15, 0.2) is 11.5 Å². The van der Waals surface area contributed by atoms with E-state index < -0.39 is 17.9 Å². The number of carbonyl (C=O) groups excluding carboxylic acids is 2. The topological polar surface area (TPSA) is 96.9 Å². The number of rotatable bonds is 7. The maximum atomic E-state index is 12.1. The van der Waals surface area contributed by atoms with Crippen LogP contribution >= 0.6 is 22.7 Å². The van der Waals surface area contributed by atoms with Gasteiger partial charge in [-0.1, -0.05) is 0 Å². The Kier molecular flexibility index (Phi) is 6.86. The van der Waals surface area contributed by atoms with Gasteiger partial charge >= 0.3 is 11.8 Å². The average Bonchev–Trinajstić information content (AvgIpc) is 3.43. The zero-order valence-corrected chi connectivity index (χ0v) is 17.4. The summed E-state index contributed by atoms with van der Waals surface area (Å²) in [6.07, 6.45) is -0.691. The summed E-state index contributed by atoms with van der Waals surface area (Å²) in [6.45, 7) is 0.194. The second kappa shape index (κ2) is 9.55. The average molecular weight is 433 g/mol. The third-order valence-corrected chi connectivity index (χ3v) is 5.92. The Labute approximate surface area is 175 Å². The Hall–Kier alpha value is -2.88. The molecule has 0 fully saturated rings. The van der Waals surface area contributed by atoms with Gasteiger partial charge in [0, 0.05) is 21.5 Å². The molecule has 3 rings (SSSR count). The predicted molar refractivity (Wildman–Crippen MR) is 113 cm³/mol. The standard InChI is InChI=1S/C20H20N2O5S2/c1-26-15-5-3-13(9-16(15)27-2)22-20(25)19(24)21-10-14-4-6-17(29-14)18(23)12-7-8-28-11-12/h3-9,11,18,23H,10H2,1-2H3,(H,21,24)(H,22,25). The van der Waals surface area contributed by atoms with Gasteiger partial charge < -0.3 is 25.2 Å². The van der Waals surface area contributed by atoms with Crippen molar-refractivity contribution in [2.24, 2.45) is 0 Å². The van der Waals surface area contributed by atoms with Gasteiger partial charge in [-0.3, -0.25) is 9.59 Å². The molecule has 1 unspecified atom stereocenters. The van der Waals surface area contributed by atoms with Crippen molar-refractivity contribution >= 4 is 40.2 Å². The van der Waals surface area contributed by atoms with Crippen LogP contribution in [0.1, 0.15) is 21.4 Å². The Morgan fingerprint density at radius 3 is 2.55 bits per heavy atom. The van der Waals surface area contributed by atoms with Gasteiger partial charge in [0.25, 0.3) is 0 Å². The van der Waals surface area contributed by atoms with Crippen LogP contribution in [0.4, 0.5) is 5.69 Å². The number of ether oxygens (including phenoxy) is 2. The molecule has 29 heavy (non-hydrogen) atoms. The highest BCUT2D eigenvalue weighted by molar-refractivity contribution is 7.12. The molecule has 3 N–H and O–H groups in total. The number of amides is 2. The van der Waals surface area contributed by atoms with E-state index in [1.165, 1.54) is 36.9 Å². The number of anilines is 1. The zero-order chi connectivity index (χ0) is 20.8. The van der Waals surface area contributed by atoms with Crippen LogP contribution in [-0.4, -0.2) is 31.1 Å². The summed E-state index contributed by atoms with van der Waals surface area (Å²) in [7, 11) is 3.00. The lowest BCUT2D eigenvalue weighted by molar-refractivity contribution is -0.136. The Bertz CT molecular complexity index is 985. The van der Waals surface area contributed by atoms with Crippen LogP contribution < -0.4 is 20.1 Å². The van der Waals surface area contributed by atoms with Crippen molar-refractivity contribution in [2.45, 2.75) is 12.6 Å². The number of carbonyl (C=O) groups is 2. The third kappa shape index (κ3) is 5.14. The number of hydrogen-bond donors (Lipinski definition) is 3. The predicted octanol–water partition coefficient (Wildman–Crippen LogP) is 3.16. The monoisotopic (exact) mass is 432 g/mol. The Morgan fingerprint density at radius 1 is 1.07 bits per heavy atom. The molecule has 0 radical (unpaired) electrons. The number of aliphatic hydroxyl groups is 1. The minimum atomic E-state index is -0.785. The highest BCUT2D eigenvalue weighted by Crippen LogP contribution is 2.30. The third-order valence-electron chi connectivity index (χ3n) is 4.08. The number of methoxy groups -OCH3 is 2. The van der Waals surface area contributed by atoms with Gasteiger partial charge in [-0.05, 0) is 46.7 Å². The van der Waals surface area contributed by atoms with E-state index in [4.69, 9.17) is 9.47 Å². The minimum Gasteiger partial charge on any atom is -0.493 e. The molecular formula is C20H20N2O5S2. The van der Waals surface area contributed by atoms with Crippen molar-refractivity contribution in [3.05, 3.63) is 62.5 Å². The lowest BCUT2D eigenvalue weighted by Gasteiger charge is -2.10. The molecule has 152 valence electrons. The van der Waals surface area contributed by atoms with Crippen LogP contribution in [0, 0.1) is 0 Å². The summed E-state index contributed by atoms with van der Waals surface area (Å²) >= 11 is 2.90. The van der Waals surface area contributed by atoms with E-state index in [1.807, 2.05) is 29.0 Å². The van der Waals surface area contributed by atoms with Crippen molar-refractivity contribution in [3.8, 4) is 11.5 Å². The normalized spacial score (nSPS) is 11.6. The van der Waals surface area contributed by atoms with E-state index in [0.717, 1.165) is 15.3 Å². The highest BCUT2D eigenvalue weighted by Gasteiger charge is 2.17. The van der Waals surface area contributed by atoms with Gasteiger partial charge in [-0.2, -0.15) is 11.3 Å². The maximum Gasteiger partial charge on any atom is 0.313 e. The summed E-state index contributed by atoms with van der Waals surface area (Å²) in [5.41, 5.74) is 1.25. The quantitative estimate of drug-likeness (QED) is 0.499. The second-order valence-electron chi connectivity index (χ2n) is 5.97. The lowest BCUT2D eigenvalue weighted by atomic mass is 10.2. The number of benzene rings is 1. The smallest absolute Gasteiger partial charge is 0.313 e. The molecule has 0 saturated heterocycles. The SMILES string of the molecule is COc1ccc(NC(=O)C(=O)NCc2ccc(C(O)c3ccsc3)s2)cc1OC. The molecule has 9 heteroatoms. The van der Waals surface area contributed by atoms with Gasteiger partial charge in [-0.15, -0.1) is 11.3 Å². The summed E-state index contributed by atoms with van der Waals surface area (Å²) in [6, 6.07) is 10.3. The van der Waals surface area contributed by atoms with Crippen molar-refractivity contribution in [3.63, 3.8) is 0 Å². The van der Waals surface area contributed by atoms with Crippen LogP contribution in [0.25, 0.3) is 0 Å². The van der Waals surface area contributed by atoms with E-state index in [2.05, 4.69) is 10.6 Å². The van der Waals surface area contributed by atoms with Crippen molar-refractivity contribution in [1.82, 2.24) is 5.32 Å². The minimum absolute atomic E-state index is 0.194. The lowest BCUT2D eigenvalue weighted by Crippen LogP contribution is -2.34. The molecule has 7 nitrogen and oxygen atoms in total. The number of aliphatic hydroxyl groups excluding tert-OH is 1. The fourth-order valence-corrected chi connectivity index (χ4v) is 4.23. The van der Waals surface area contributed by atoms with Gasteiger partial charge in [0.1, 0.15) is 6.10 Å². The highest BCUT2D eigenvalue weighted by atomic mass is 32.1. The molecule has 0 bridgehead atoms. The first-order valence-corrected chi connectivity index (χ1v) is 10.4. The molecule has 2 heterocycles. The maximum absolute atomic E-state index is 12.1. The van der Waals surface area contributed by atoms with E-state index in [1.54, 1.807) is 18.2 Å². The van der Waals surface area contributed by atoms with Gasteiger partial charge in [-0.25, -0.2) is 0 Å². The fraction of sp³-hybridized carbons (Fsp3) is 0.200. The van der Waals surface area contributed by atoms with Gasteiger partial charge in [0.05, 0.1) is 20.8 Å². The molecule has 1 aromatic carbocycles. The van der Waals surface area contributed by atoms with Crippen LogP contribution in [0.15, 0.2) is 47.2 Å². The summed E-state index contributed by atoms with van der Waals surface area (Å²) in [4.78, 5) is 25.8. The second-order valence-corrected chi connectivity index (χ2v) is 7.95. The van der Waals surface area contributed by atoms with E-state index in [-0.39, 0.29) is 6.54 Å². The number of nitrogens with one attached hydrogen (secondary N) is 2. The van der Waals surface area contributed by atoms with E-state index in [9.17, 15) is 14.7 Å². The zero-order valence-electron chi connectivity index (χ0n) is 15.8. The first-order valence-electron chi connectivity index (χ1n) is 8.61. The summed E-state index contributed by atoms with van der Waals surface area (Å²) < 4.78 is 10.3. The first kappa shape index (κ1) is 20.8. The number of hydrogen-bond acceptors (Lipinski definition) is 7. The van der Waals surface area contributed by atoms with Crippen LogP contribution in [-0.2, 0) is 16.1 Å². The van der Waals surface area contributed by atoms with Crippen LogP contribution in [0.2, 0.25) is 0 Å². The van der Waals surface area contributed by atoms with Crippen LogP contribution in [0.3, 0.4) is 0 Å². The van der Waals surface area contributed by atoms with Crippen molar-refractivity contribution < 1.29 is 24.2 Å². The van der Waals surface area contributed by atoms with Crippen molar-refractivity contribution in [2.75, 3.05) is 19.5 Å². The molecule has 0 saturated carbocycles. The molecule has 2 aromatic heterocycles. The molecule has 0 aliphatic rings. The largest absolute Gasteiger partial charge is 0.493 e. The molecular weight excluding hydrogens is 412 g/mol. The molecule has 0 aliphatic carbocycles. The molecule has 0 aliphatic heterocycles. The summed E-state index contributed by atoms with van der Waals surface area (Å²) in [5.74, 6) is -0.575. The molecule has 0 spiro atoms. The number of thiophene rings is 2. The Morgan fingerprint density at radius 2 is 1.86 bits per heavy atom. The van der Waals surface area contributed by atoms with Gasteiger partial charge in [0.2, 0.25) is 0 Å². The summed E-state index contributed by atoms with van der Waals surface area (Å²) in [5, 5.41) is 19.3. The fourth-order valence-electron chi connectivity index (χ4n) is 2.58.